The highest BCUT2D eigenvalue weighted by molar-refractivity contribution is 6.11. The van der Waals surface area contributed by atoms with E-state index in [4.69, 9.17) is 4.42 Å². The molecule has 6 nitrogen and oxygen atoms in total. The zero-order valence-corrected chi connectivity index (χ0v) is 10.1. The van der Waals surface area contributed by atoms with Gasteiger partial charge in [0.25, 0.3) is 0 Å². The molecule has 96 valence electrons. The number of aryl methyl sites for hydroxylation is 1. The summed E-state index contributed by atoms with van der Waals surface area (Å²) < 4.78 is 5.55. The van der Waals surface area contributed by atoms with E-state index in [0.717, 1.165) is 0 Å². The number of nitro groups is 1. The monoisotopic (exact) mass is 258 g/mol. The van der Waals surface area contributed by atoms with Crippen LogP contribution in [0.2, 0.25) is 0 Å². The molecule has 0 radical (unpaired) electrons. The maximum absolute atomic E-state index is 11.1. The molecule has 0 aliphatic rings. The van der Waals surface area contributed by atoms with Crippen molar-refractivity contribution < 1.29 is 14.4 Å². The van der Waals surface area contributed by atoms with E-state index in [0.29, 0.717) is 28.7 Å². The summed E-state index contributed by atoms with van der Waals surface area (Å²) in [7, 11) is 0. The number of nitro benzene ring substituents is 1. The van der Waals surface area contributed by atoms with Gasteiger partial charge in [0, 0.05) is 17.2 Å². The zero-order chi connectivity index (χ0) is 13.6. The number of oxazole rings is 1. The Kier molecular flexibility index (Phi) is 2.38. The molecule has 3 aromatic rings. The van der Waals surface area contributed by atoms with Crippen molar-refractivity contribution in [2.75, 3.05) is 0 Å². The maximum atomic E-state index is 11.1. The van der Waals surface area contributed by atoms with E-state index in [-0.39, 0.29) is 11.3 Å². The number of rotatable bonds is 2. The third kappa shape index (κ3) is 1.53. The van der Waals surface area contributed by atoms with Crippen molar-refractivity contribution in [3.05, 3.63) is 40.3 Å². The SMILES string of the molecule is CCc1nc2c([N+](=O)[O-])c(O)c3ccccc3c2o1. The lowest BCUT2D eigenvalue weighted by Crippen LogP contribution is -1.92. The van der Waals surface area contributed by atoms with E-state index in [2.05, 4.69) is 4.98 Å². The fourth-order valence-corrected chi connectivity index (χ4v) is 2.16. The molecule has 1 heterocycles. The molecule has 0 saturated heterocycles. The first-order valence-electron chi connectivity index (χ1n) is 5.81. The Balaban J connectivity index is 2.59. The lowest BCUT2D eigenvalue weighted by Gasteiger charge is -2.02. The van der Waals surface area contributed by atoms with Gasteiger partial charge >= 0.3 is 5.69 Å². The van der Waals surface area contributed by atoms with E-state index in [9.17, 15) is 15.2 Å². The number of hydrogen-bond acceptors (Lipinski definition) is 5. The molecule has 0 spiro atoms. The molecule has 0 aliphatic carbocycles. The fraction of sp³-hybridized carbons (Fsp3) is 0.154. The zero-order valence-electron chi connectivity index (χ0n) is 10.1. The van der Waals surface area contributed by atoms with Crippen LogP contribution in [0.3, 0.4) is 0 Å². The summed E-state index contributed by atoms with van der Waals surface area (Å²) >= 11 is 0. The predicted molar refractivity (Wildman–Crippen MR) is 69.2 cm³/mol. The van der Waals surface area contributed by atoms with Gasteiger partial charge in [-0.1, -0.05) is 31.2 Å². The molecular formula is C13H10N2O4. The second kappa shape index (κ2) is 3.94. The third-order valence-corrected chi connectivity index (χ3v) is 3.03. The van der Waals surface area contributed by atoms with Crippen molar-refractivity contribution in [2.24, 2.45) is 0 Å². The van der Waals surface area contributed by atoms with E-state index in [1.54, 1.807) is 24.3 Å². The fourth-order valence-electron chi connectivity index (χ4n) is 2.16. The maximum Gasteiger partial charge on any atom is 0.340 e. The van der Waals surface area contributed by atoms with Crippen LogP contribution in [-0.4, -0.2) is 15.0 Å². The molecule has 0 atom stereocenters. The molecular weight excluding hydrogens is 248 g/mol. The van der Waals surface area contributed by atoms with Crippen LogP contribution >= 0.6 is 0 Å². The summed E-state index contributed by atoms with van der Waals surface area (Å²) in [6.07, 6.45) is 0.529. The van der Waals surface area contributed by atoms with Gasteiger partial charge < -0.3 is 9.52 Å². The van der Waals surface area contributed by atoms with Crippen LogP contribution in [-0.2, 0) is 6.42 Å². The van der Waals surface area contributed by atoms with Crippen LogP contribution < -0.4 is 0 Å². The Morgan fingerprint density at radius 2 is 2.05 bits per heavy atom. The van der Waals surface area contributed by atoms with Crippen molar-refractivity contribution in [3.8, 4) is 5.75 Å². The summed E-state index contributed by atoms with van der Waals surface area (Å²) in [5.74, 6) is 0.0397. The van der Waals surface area contributed by atoms with Crippen molar-refractivity contribution in [1.29, 1.82) is 0 Å². The average molecular weight is 258 g/mol. The van der Waals surface area contributed by atoms with Crippen LogP contribution in [0, 0.1) is 10.1 Å². The molecule has 1 aromatic heterocycles. The Morgan fingerprint density at radius 3 is 2.68 bits per heavy atom. The van der Waals surface area contributed by atoms with Gasteiger partial charge in [0.15, 0.2) is 17.0 Å². The molecule has 6 heteroatoms. The number of hydrogen-bond donors (Lipinski definition) is 1. The normalized spacial score (nSPS) is 11.2. The minimum Gasteiger partial charge on any atom is -0.502 e. The van der Waals surface area contributed by atoms with Gasteiger partial charge in [0.1, 0.15) is 0 Å². The third-order valence-electron chi connectivity index (χ3n) is 3.03. The smallest absolute Gasteiger partial charge is 0.340 e. The molecule has 0 aliphatic heterocycles. The van der Waals surface area contributed by atoms with Crippen LogP contribution in [0.15, 0.2) is 28.7 Å². The number of benzene rings is 2. The standard InChI is InChI=1S/C13H10N2O4/c1-2-9-14-10-11(15(17)18)12(16)7-5-3-4-6-8(7)13(10)19-9/h3-6,16H,2H2,1H3. The van der Waals surface area contributed by atoms with Crippen molar-refractivity contribution in [1.82, 2.24) is 4.98 Å². The summed E-state index contributed by atoms with van der Waals surface area (Å²) in [5.41, 5.74) is 0.0344. The quantitative estimate of drug-likeness (QED) is 0.563. The van der Waals surface area contributed by atoms with E-state index in [1.807, 2.05) is 6.92 Å². The number of fused-ring (bicyclic) bond motifs is 3. The number of nitrogens with zero attached hydrogens (tertiary/aromatic N) is 2. The van der Waals surface area contributed by atoms with Crippen molar-refractivity contribution >= 4 is 27.6 Å². The molecule has 0 amide bonds. The lowest BCUT2D eigenvalue weighted by molar-refractivity contribution is -0.384. The Morgan fingerprint density at radius 1 is 1.37 bits per heavy atom. The van der Waals surface area contributed by atoms with Crippen molar-refractivity contribution in [3.63, 3.8) is 0 Å². The molecule has 0 saturated carbocycles. The summed E-state index contributed by atoms with van der Waals surface area (Å²) in [5, 5.41) is 22.2. The molecule has 3 rings (SSSR count). The van der Waals surface area contributed by atoms with Crippen LogP contribution in [0.4, 0.5) is 5.69 Å². The van der Waals surface area contributed by atoms with Gasteiger partial charge in [0.05, 0.1) is 4.92 Å². The Bertz CT molecular complexity index is 807. The summed E-state index contributed by atoms with van der Waals surface area (Å²) in [4.78, 5) is 14.6. The van der Waals surface area contributed by atoms with Crippen LogP contribution in [0.25, 0.3) is 21.9 Å². The Hall–Kier alpha value is -2.63. The Labute approximate surface area is 107 Å². The van der Waals surface area contributed by atoms with Gasteiger partial charge in [-0.2, -0.15) is 0 Å². The molecule has 0 unspecified atom stereocenters. The van der Waals surface area contributed by atoms with Gasteiger partial charge in [-0.05, 0) is 0 Å². The highest BCUT2D eigenvalue weighted by Crippen LogP contribution is 2.42. The summed E-state index contributed by atoms with van der Waals surface area (Å²) in [6.45, 7) is 1.85. The first-order valence-corrected chi connectivity index (χ1v) is 5.81. The van der Waals surface area contributed by atoms with Gasteiger partial charge in [-0.3, -0.25) is 10.1 Å². The van der Waals surface area contributed by atoms with E-state index >= 15 is 0 Å². The molecule has 19 heavy (non-hydrogen) atoms. The topological polar surface area (TPSA) is 89.4 Å². The van der Waals surface area contributed by atoms with Crippen LogP contribution in [0.5, 0.6) is 5.75 Å². The first kappa shape index (κ1) is 11.5. The van der Waals surface area contributed by atoms with Gasteiger partial charge in [0.2, 0.25) is 5.75 Å². The number of phenols is 1. The summed E-state index contributed by atoms with van der Waals surface area (Å²) in [6, 6.07) is 6.84. The number of phenolic OH excluding ortho intramolecular Hbond substituents is 1. The average Bonchev–Trinajstić information content (AvgIpc) is 2.82. The number of aromatic nitrogens is 1. The van der Waals surface area contributed by atoms with Crippen molar-refractivity contribution in [2.45, 2.75) is 13.3 Å². The molecule has 1 N–H and O–H groups in total. The van der Waals surface area contributed by atoms with Gasteiger partial charge in [-0.15, -0.1) is 0 Å². The van der Waals surface area contributed by atoms with E-state index in [1.165, 1.54) is 0 Å². The van der Waals surface area contributed by atoms with Crippen LogP contribution in [0.1, 0.15) is 12.8 Å². The number of aromatic hydroxyl groups is 1. The molecule has 0 bridgehead atoms. The predicted octanol–water partition coefficient (Wildman–Crippen LogP) is 3.16. The molecule has 0 fully saturated rings. The minimum atomic E-state index is -0.633. The highest BCUT2D eigenvalue weighted by atomic mass is 16.6. The second-order valence-electron chi connectivity index (χ2n) is 4.14. The highest BCUT2D eigenvalue weighted by Gasteiger charge is 2.26. The second-order valence-corrected chi connectivity index (χ2v) is 4.14. The van der Waals surface area contributed by atoms with E-state index < -0.39 is 10.6 Å². The first-order chi connectivity index (χ1) is 9.13. The lowest BCUT2D eigenvalue weighted by atomic mass is 10.1. The largest absolute Gasteiger partial charge is 0.502 e. The van der Waals surface area contributed by atoms with Gasteiger partial charge in [-0.25, -0.2) is 4.98 Å². The molecule has 2 aromatic carbocycles. The minimum absolute atomic E-state index is 0.0954.